The predicted octanol–water partition coefficient (Wildman–Crippen LogP) is -0.0207. The van der Waals surface area contributed by atoms with E-state index >= 15 is 0 Å². The van der Waals surface area contributed by atoms with Crippen molar-refractivity contribution in [2.75, 3.05) is 0 Å². The molecule has 0 aromatic carbocycles. The van der Waals surface area contributed by atoms with Crippen molar-refractivity contribution < 1.29 is 4.79 Å². The molecule has 0 bridgehead atoms. The fourth-order valence-electron chi connectivity index (χ4n) is 0.383. The van der Waals surface area contributed by atoms with Gasteiger partial charge in [0.15, 0.2) is 0 Å². The number of rotatable bonds is 0. The van der Waals surface area contributed by atoms with E-state index in [4.69, 9.17) is 0 Å². The third-order valence-corrected chi connectivity index (χ3v) is 2.76. The van der Waals surface area contributed by atoms with E-state index in [2.05, 4.69) is 0 Å². The summed E-state index contributed by atoms with van der Waals surface area (Å²) in [6, 6.07) is 0. The van der Waals surface area contributed by atoms with Crippen LogP contribution >= 0.6 is 0 Å². The minimum atomic E-state index is -0.350. The van der Waals surface area contributed by atoms with Gasteiger partial charge < -0.3 is 0 Å². The van der Waals surface area contributed by atoms with Gasteiger partial charge in [-0.3, -0.25) is 0 Å². The summed E-state index contributed by atoms with van der Waals surface area (Å²) in [5, 5.41) is 0. The molecule has 0 unspecified atom stereocenters. The molecule has 0 spiro atoms. The molecule has 1 heterocycles. The van der Waals surface area contributed by atoms with Gasteiger partial charge >= 0.3 is 51.7 Å². The summed E-state index contributed by atoms with van der Waals surface area (Å²) in [6.45, 7) is 0. The Morgan fingerprint density at radius 1 is 1.71 bits per heavy atom. The second-order valence-corrected chi connectivity index (χ2v) is 4.01. The maximum atomic E-state index is 10.4. The topological polar surface area (TPSA) is 17.1 Å². The summed E-state index contributed by atoms with van der Waals surface area (Å²) in [5.41, 5.74) is 0. The molecule has 2 heteroatoms. The SMILES string of the molecule is O=C1CC=CC=[Te]1. The van der Waals surface area contributed by atoms with Crippen LogP contribution in [0.5, 0.6) is 0 Å². The van der Waals surface area contributed by atoms with E-state index in [9.17, 15) is 4.79 Å². The van der Waals surface area contributed by atoms with Crippen molar-refractivity contribution in [1.29, 1.82) is 0 Å². The summed E-state index contributed by atoms with van der Waals surface area (Å²) >= 11 is -0.350. The summed E-state index contributed by atoms with van der Waals surface area (Å²) < 4.78 is 2.46. The Kier molecular flexibility index (Phi) is 1.78. The van der Waals surface area contributed by atoms with Crippen LogP contribution in [0.25, 0.3) is 0 Å². The number of carbonyl (C=O) groups excluding carboxylic acids is 1. The molecule has 1 aliphatic rings. The van der Waals surface area contributed by atoms with Crippen LogP contribution in [0.4, 0.5) is 0 Å². The summed E-state index contributed by atoms with van der Waals surface area (Å²) in [5.74, 6) is 0. The van der Waals surface area contributed by atoms with Crippen LogP contribution in [-0.4, -0.2) is 28.3 Å². The fourth-order valence-corrected chi connectivity index (χ4v) is 1.91. The van der Waals surface area contributed by atoms with Crippen LogP contribution in [0.2, 0.25) is 0 Å². The Labute approximate surface area is 52.0 Å². The predicted molar refractivity (Wildman–Crippen MR) is 30.6 cm³/mol. The van der Waals surface area contributed by atoms with Crippen LogP contribution in [0.3, 0.4) is 0 Å². The van der Waals surface area contributed by atoms with Crippen molar-refractivity contribution in [3.05, 3.63) is 12.2 Å². The molecule has 7 heavy (non-hydrogen) atoms. The van der Waals surface area contributed by atoms with Gasteiger partial charge in [0.05, 0.1) is 0 Å². The van der Waals surface area contributed by atoms with Gasteiger partial charge in [0.1, 0.15) is 0 Å². The van der Waals surface area contributed by atoms with Crippen molar-refractivity contribution in [2.45, 2.75) is 6.42 Å². The van der Waals surface area contributed by atoms with Crippen LogP contribution < -0.4 is 0 Å². The van der Waals surface area contributed by atoms with Gasteiger partial charge in [-0.2, -0.15) is 0 Å². The molecule has 0 N–H and O–H groups in total. The molecule has 1 nitrogen and oxygen atoms in total. The standard InChI is InChI=1S/C5H5OTe/c6-5-3-1-2-4-7-5/h1-2,4H,3H2. The van der Waals surface area contributed by atoms with Gasteiger partial charge in [0.2, 0.25) is 0 Å². The molecule has 0 aromatic rings. The first-order valence-corrected chi connectivity index (χ1v) is 4.58. The van der Waals surface area contributed by atoms with E-state index in [1.54, 1.807) is 0 Å². The molecule has 0 amide bonds. The van der Waals surface area contributed by atoms with Gasteiger partial charge in [-0.15, -0.1) is 0 Å². The molecule has 0 aliphatic carbocycles. The van der Waals surface area contributed by atoms with Crippen molar-refractivity contribution in [2.24, 2.45) is 0 Å². The van der Waals surface area contributed by atoms with Crippen molar-refractivity contribution in [3.8, 4) is 0 Å². The van der Waals surface area contributed by atoms with Crippen LogP contribution in [0.1, 0.15) is 6.42 Å². The molecule has 0 fully saturated rings. The van der Waals surface area contributed by atoms with Crippen molar-refractivity contribution in [1.82, 2.24) is 0 Å². The first-order chi connectivity index (χ1) is 3.39. The Morgan fingerprint density at radius 2 is 2.57 bits per heavy atom. The molecule has 0 atom stereocenters. The zero-order chi connectivity index (χ0) is 5.11. The fraction of sp³-hybridized carbons (Fsp3) is 0.200. The second kappa shape index (κ2) is 2.40. The number of hydrogen-bond donors (Lipinski definition) is 0. The van der Waals surface area contributed by atoms with Crippen LogP contribution in [0, 0.1) is 0 Å². The third kappa shape index (κ3) is 1.54. The van der Waals surface area contributed by atoms with E-state index in [1.807, 2.05) is 16.2 Å². The van der Waals surface area contributed by atoms with Gasteiger partial charge in [-0.1, -0.05) is 0 Å². The van der Waals surface area contributed by atoms with Crippen molar-refractivity contribution in [3.63, 3.8) is 0 Å². The van der Waals surface area contributed by atoms with Crippen LogP contribution in [-0.2, 0) is 4.79 Å². The summed E-state index contributed by atoms with van der Waals surface area (Å²) in [6.07, 6.45) is 4.60. The molecule has 1 rings (SSSR count). The molecule has 1 radical (unpaired) electrons. The number of allylic oxidation sites excluding steroid dienone is 2. The van der Waals surface area contributed by atoms with E-state index in [0.717, 1.165) is 0 Å². The Hall–Kier alpha value is 0.0696. The number of carbonyl (C=O) groups is 1. The summed E-state index contributed by atoms with van der Waals surface area (Å²) in [4.78, 5) is 10.4. The Bertz CT molecular complexity index is 135. The van der Waals surface area contributed by atoms with E-state index < -0.39 is 0 Å². The van der Waals surface area contributed by atoms with Gasteiger partial charge in [0.25, 0.3) is 0 Å². The monoisotopic (exact) mass is 211 g/mol. The third-order valence-electron chi connectivity index (χ3n) is 0.699. The molecular formula is C5H5OTe. The van der Waals surface area contributed by atoms with Crippen molar-refractivity contribution >= 4 is 28.3 Å². The quantitative estimate of drug-likeness (QED) is 0.512. The normalized spacial score (nSPS) is 18.0. The first-order valence-electron chi connectivity index (χ1n) is 2.07. The van der Waals surface area contributed by atoms with Gasteiger partial charge in [-0.25, -0.2) is 0 Å². The average Bonchev–Trinajstić information content (AvgIpc) is 1.69. The van der Waals surface area contributed by atoms with E-state index in [0.29, 0.717) is 10.3 Å². The maximum absolute atomic E-state index is 10.4. The molecular weight excluding hydrogens is 204 g/mol. The molecule has 1 aliphatic heterocycles. The van der Waals surface area contributed by atoms with E-state index in [1.165, 1.54) is 0 Å². The average molecular weight is 209 g/mol. The van der Waals surface area contributed by atoms with E-state index in [-0.39, 0.29) is 20.5 Å². The Balaban J connectivity index is 2.66. The zero-order valence-corrected chi connectivity index (χ0v) is 6.09. The van der Waals surface area contributed by atoms with Gasteiger partial charge in [-0.05, 0) is 0 Å². The van der Waals surface area contributed by atoms with Gasteiger partial charge in [0, 0.05) is 0 Å². The zero-order valence-electron chi connectivity index (χ0n) is 3.76. The molecule has 0 aromatic heterocycles. The second-order valence-electron chi connectivity index (χ2n) is 1.26. The summed E-state index contributed by atoms with van der Waals surface area (Å²) in [7, 11) is 0. The first kappa shape index (κ1) is 5.21. The Morgan fingerprint density at radius 3 is 2.86 bits per heavy atom. The molecule has 37 valence electrons. The number of hydrogen-bond acceptors (Lipinski definition) is 1. The minimum absolute atomic E-state index is 0.350. The molecule has 0 saturated heterocycles. The van der Waals surface area contributed by atoms with Crippen LogP contribution in [0.15, 0.2) is 12.2 Å². The molecule has 0 saturated carbocycles.